The second kappa shape index (κ2) is 9.81. The van der Waals surface area contributed by atoms with E-state index in [0.29, 0.717) is 18.4 Å². The number of carbonyl (C=O) groups excluding carboxylic acids is 1. The maximum Gasteiger partial charge on any atom is 0.288 e. The van der Waals surface area contributed by atoms with Crippen LogP contribution in [0.15, 0.2) is 67.0 Å². The highest BCUT2D eigenvalue weighted by Crippen LogP contribution is 2.27. The Kier molecular flexibility index (Phi) is 6.37. The summed E-state index contributed by atoms with van der Waals surface area (Å²) in [6.07, 6.45) is 2.62. The van der Waals surface area contributed by atoms with E-state index < -0.39 is 23.3 Å². The zero-order valence-electron chi connectivity index (χ0n) is 20.0. The first-order chi connectivity index (χ1) is 18.2. The summed E-state index contributed by atoms with van der Waals surface area (Å²) in [5.41, 5.74) is 8.32. The smallest absolute Gasteiger partial charge is 0.288 e. The molecule has 192 valence electrons. The molecule has 0 radical (unpaired) electrons. The molecule has 3 heterocycles. The molecule has 5 N–H and O–H groups in total. The predicted molar refractivity (Wildman–Crippen MR) is 137 cm³/mol. The van der Waals surface area contributed by atoms with Gasteiger partial charge < -0.3 is 16.4 Å². The van der Waals surface area contributed by atoms with Crippen LogP contribution in [0.5, 0.6) is 0 Å². The Bertz CT molecular complexity index is 1610. The van der Waals surface area contributed by atoms with Gasteiger partial charge >= 0.3 is 0 Å². The van der Waals surface area contributed by atoms with E-state index in [1.807, 2.05) is 30.3 Å². The van der Waals surface area contributed by atoms with E-state index in [0.717, 1.165) is 28.3 Å². The van der Waals surface area contributed by atoms with Gasteiger partial charge in [-0.15, -0.1) is 0 Å². The number of nitrogens with one attached hydrogen (secondary N) is 3. The molecule has 1 amide bonds. The molecular weight excluding hydrogens is 497 g/mol. The Hall–Kier alpha value is -5.00. The van der Waals surface area contributed by atoms with Crippen molar-refractivity contribution in [2.24, 2.45) is 0 Å². The van der Waals surface area contributed by atoms with Gasteiger partial charge in [-0.05, 0) is 41.5 Å². The molecule has 12 heteroatoms. The lowest BCUT2D eigenvalue weighted by Crippen LogP contribution is -2.21. The third-order valence-corrected chi connectivity index (χ3v) is 5.73. The van der Waals surface area contributed by atoms with Gasteiger partial charge in [0, 0.05) is 30.9 Å². The molecule has 0 atom stereocenters. The molecule has 0 saturated heterocycles. The quantitative estimate of drug-likeness (QED) is 0.235. The van der Waals surface area contributed by atoms with Gasteiger partial charge in [0.15, 0.2) is 17.2 Å². The summed E-state index contributed by atoms with van der Waals surface area (Å²) in [4.78, 5) is 25.1. The summed E-state index contributed by atoms with van der Waals surface area (Å²) in [7, 11) is 0. The standard InChI is InChI=1S/C26H21F3N8O/c1-26(28,29)20-13-33-24(21(35-20)25(38)34-18-8-6-17(27)7-9-18)31-11-14-2-4-15(5-3-14)16-10-19-22(30)36-37-23(19)32-12-16/h2-10,12-13H,11H2,1H3,(H,31,33)(H,34,38)(H3,30,32,36,37). The average molecular weight is 519 g/mol. The van der Waals surface area contributed by atoms with E-state index in [4.69, 9.17) is 5.73 Å². The Labute approximate surface area is 214 Å². The molecule has 0 saturated carbocycles. The fourth-order valence-electron chi connectivity index (χ4n) is 3.69. The van der Waals surface area contributed by atoms with E-state index in [2.05, 4.69) is 35.8 Å². The molecule has 0 unspecified atom stereocenters. The minimum atomic E-state index is -3.30. The van der Waals surface area contributed by atoms with Crippen LogP contribution in [0.2, 0.25) is 0 Å². The summed E-state index contributed by atoms with van der Waals surface area (Å²) >= 11 is 0. The second-order valence-corrected chi connectivity index (χ2v) is 8.58. The number of nitrogen functional groups attached to an aromatic ring is 1. The van der Waals surface area contributed by atoms with Crippen molar-refractivity contribution in [1.29, 1.82) is 0 Å². The maximum atomic E-state index is 13.9. The molecule has 0 bridgehead atoms. The molecule has 38 heavy (non-hydrogen) atoms. The van der Waals surface area contributed by atoms with Crippen LogP contribution in [-0.2, 0) is 12.5 Å². The molecule has 0 spiro atoms. The molecule has 3 aromatic heterocycles. The number of aromatic amines is 1. The zero-order chi connectivity index (χ0) is 26.9. The summed E-state index contributed by atoms with van der Waals surface area (Å²) in [6, 6.07) is 14.4. The number of hydrogen-bond acceptors (Lipinski definition) is 7. The van der Waals surface area contributed by atoms with E-state index in [9.17, 15) is 18.0 Å². The fourth-order valence-corrected chi connectivity index (χ4v) is 3.69. The molecule has 9 nitrogen and oxygen atoms in total. The van der Waals surface area contributed by atoms with Crippen molar-refractivity contribution < 1.29 is 18.0 Å². The Morgan fingerprint density at radius 2 is 1.76 bits per heavy atom. The number of rotatable bonds is 7. The number of nitrogens with two attached hydrogens (primary N) is 1. The third kappa shape index (κ3) is 5.24. The molecule has 0 aliphatic carbocycles. The molecule has 2 aromatic carbocycles. The number of halogens is 3. The van der Waals surface area contributed by atoms with Crippen LogP contribution in [0.3, 0.4) is 0 Å². The molecule has 5 rings (SSSR count). The lowest BCUT2D eigenvalue weighted by Gasteiger charge is -2.15. The lowest BCUT2D eigenvalue weighted by molar-refractivity contribution is 0.0123. The molecule has 5 aromatic rings. The first-order valence-corrected chi connectivity index (χ1v) is 11.4. The number of pyridine rings is 1. The first kappa shape index (κ1) is 24.7. The van der Waals surface area contributed by atoms with Crippen molar-refractivity contribution >= 4 is 34.3 Å². The van der Waals surface area contributed by atoms with Gasteiger partial charge in [-0.2, -0.15) is 13.9 Å². The number of fused-ring (bicyclic) bond motifs is 1. The van der Waals surface area contributed by atoms with Crippen molar-refractivity contribution in [3.8, 4) is 11.1 Å². The molecule has 0 fully saturated rings. The molecular formula is C26H21F3N8O. The van der Waals surface area contributed by atoms with E-state index in [-0.39, 0.29) is 23.7 Å². The number of carbonyl (C=O) groups is 1. The number of H-pyrrole nitrogens is 1. The number of alkyl halides is 2. The second-order valence-electron chi connectivity index (χ2n) is 8.58. The number of nitrogens with zero attached hydrogens (tertiary/aromatic N) is 4. The van der Waals surface area contributed by atoms with Crippen LogP contribution in [0.25, 0.3) is 22.2 Å². The topological polar surface area (TPSA) is 134 Å². The molecule has 0 aliphatic heterocycles. The van der Waals surface area contributed by atoms with E-state index >= 15 is 0 Å². The third-order valence-electron chi connectivity index (χ3n) is 5.73. The number of hydrogen-bond donors (Lipinski definition) is 4. The number of aromatic nitrogens is 5. The zero-order valence-corrected chi connectivity index (χ0v) is 20.0. The van der Waals surface area contributed by atoms with Crippen molar-refractivity contribution in [3.05, 3.63) is 89.8 Å². The largest absolute Gasteiger partial charge is 0.384 e. The van der Waals surface area contributed by atoms with Crippen molar-refractivity contribution in [3.63, 3.8) is 0 Å². The number of benzene rings is 2. The first-order valence-electron chi connectivity index (χ1n) is 11.4. The molecule has 0 aliphatic rings. The van der Waals surface area contributed by atoms with Crippen molar-refractivity contribution in [2.45, 2.75) is 19.4 Å². The van der Waals surface area contributed by atoms with E-state index in [1.165, 1.54) is 24.3 Å². The predicted octanol–water partition coefficient (Wildman–Crippen LogP) is 5.11. The summed E-state index contributed by atoms with van der Waals surface area (Å²) < 4.78 is 41.0. The van der Waals surface area contributed by atoms with Gasteiger partial charge in [0.05, 0.1) is 11.6 Å². The van der Waals surface area contributed by atoms with Gasteiger partial charge in [-0.25, -0.2) is 19.3 Å². The Morgan fingerprint density at radius 3 is 2.47 bits per heavy atom. The summed E-state index contributed by atoms with van der Waals surface area (Å²) in [5.74, 6) is -4.10. The van der Waals surface area contributed by atoms with Gasteiger partial charge in [0.25, 0.3) is 11.8 Å². The lowest BCUT2D eigenvalue weighted by atomic mass is 10.0. The van der Waals surface area contributed by atoms with Crippen molar-refractivity contribution in [1.82, 2.24) is 25.1 Å². The van der Waals surface area contributed by atoms with Crippen LogP contribution >= 0.6 is 0 Å². The SMILES string of the molecule is CC(F)(F)c1cnc(NCc2ccc(-c3cnc4n[nH]c(N)c4c3)cc2)c(C(=O)Nc2ccc(F)cc2)n1. The Morgan fingerprint density at radius 1 is 1.03 bits per heavy atom. The van der Waals surface area contributed by atoms with Gasteiger partial charge in [0.1, 0.15) is 17.3 Å². The highest BCUT2D eigenvalue weighted by molar-refractivity contribution is 6.06. The van der Waals surface area contributed by atoms with Gasteiger partial charge in [-0.1, -0.05) is 24.3 Å². The minimum absolute atomic E-state index is 0.0202. The Balaban J connectivity index is 1.35. The van der Waals surface area contributed by atoms with Crippen LogP contribution in [0.4, 0.5) is 30.5 Å². The monoisotopic (exact) mass is 518 g/mol. The normalized spacial score (nSPS) is 11.5. The van der Waals surface area contributed by atoms with Gasteiger partial charge in [0.2, 0.25) is 0 Å². The van der Waals surface area contributed by atoms with E-state index in [1.54, 1.807) is 6.20 Å². The summed E-state index contributed by atoms with van der Waals surface area (Å²) in [6.45, 7) is 0.904. The minimum Gasteiger partial charge on any atom is -0.384 e. The van der Waals surface area contributed by atoms with Crippen LogP contribution < -0.4 is 16.4 Å². The summed E-state index contributed by atoms with van der Waals surface area (Å²) in [5, 5.41) is 13.0. The van der Waals surface area contributed by atoms with Crippen LogP contribution in [-0.4, -0.2) is 31.1 Å². The van der Waals surface area contributed by atoms with Crippen molar-refractivity contribution in [2.75, 3.05) is 16.4 Å². The van der Waals surface area contributed by atoms with Crippen LogP contribution in [0.1, 0.15) is 28.7 Å². The van der Waals surface area contributed by atoms with Crippen LogP contribution in [0, 0.1) is 5.82 Å². The maximum absolute atomic E-state index is 13.9. The average Bonchev–Trinajstić information content (AvgIpc) is 3.28. The number of amides is 1. The number of anilines is 3. The van der Waals surface area contributed by atoms with Gasteiger partial charge in [-0.3, -0.25) is 9.89 Å². The highest BCUT2D eigenvalue weighted by atomic mass is 19.3. The fraction of sp³-hybridized carbons (Fsp3) is 0.115. The highest BCUT2D eigenvalue weighted by Gasteiger charge is 2.29.